The van der Waals surface area contributed by atoms with E-state index in [-0.39, 0.29) is 11.9 Å². The summed E-state index contributed by atoms with van der Waals surface area (Å²) in [5.41, 5.74) is 0.740. The lowest BCUT2D eigenvalue weighted by atomic mass is 10.0. The van der Waals surface area contributed by atoms with Gasteiger partial charge in [0.1, 0.15) is 5.82 Å². The van der Waals surface area contributed by atoms with Crippen LogP contribution < -0.4 is 10.2 Å². The fraction of sp³-hybridized carbons (Fsp3) is 0.200. The number of carbonyl (C=O) groups excluding carboxylic acids is 1. The number of fused-ring (bicyclic) bond motifs is 1. The third-order valence-corrected chi connectivity index (χ3v) is 4.53. The molecule has 1 N–H and O–H groups in total. The molecule has 1 aliphatic heterocycles. The van der Waals surface area contributed by atoms with Gasteiger partial charge in [0.05, 0.1) is 0 Å². The topological polar surface area (TPSA) is 45.2 Å². The van der Waals surface area contributed by atoms with Gasteiger partial charge >= 0.3 is 0 Å². The van der Waals surface area contributed by atoms with Crippen LogP contribution in [0.3, 0.4) is 0 Å². The zero-order chi connectivity index (χ0) is 16.4. The Morgan fingerprint density at radius 2 is 1.88 bits per heavy atom. The summed E-state index contributed by atoms with van der Waals surface area (Å²) in [6.07, 6.45) is 2.74. The molecule has 1 aliphatic rings. The van der Waals surface area contributed by atoms with Crippen molar-refractivity contribution in [2.75, 3.05) is 18.0 Å². The Bertz CT molecular complexity index is 858. The molecule has 24 heavy (non-hydrogen) atoms. The number of amides is 1. The third-order valence-electron chi connectivity index (χ3n) is 4.53. The van der Waals surface area contributed by atoms with Crippen LogP contribution in [0.5, 0.6) is 0 Å². The van der Waals surface area contributed by atoms with Gasteiger partial charge in [0, 0.05) is 30.9 Å². The van der Waals surface area contributed by atoms with Gasteiger partial charge in [0.2, 0.25) is 0 Å². The molecule has 0 radical (unpaired) electrons. The number of carbonyl (C=O) groups is 1. The maximum atomic E-state index is 12.7. The van der Waals surface area contributed by atoms with E-state index in [9.17, 15) is 4.79 Å². The molecule has 1 atom stereocenters. The van der Waals surface area contributed by atoms with Gasteiger partial charge in [-0.15, -0.1) is 0 Å². The number of hydrogen-bond donors (Lipinski definition) is 1. The van der Waals surface area contributed by atoms with Gasteiger partial charge in [-0.25, -0.2) is 4.98 Å². The second-order valence-corrected chi connectivity index (χ2v) is 6.12. The first kappa shape index (κ1) is 14.7. The van der Waals surface area contributed by atoms with Gasteiger partial charge in [-0.05, 0) is 35.4 Å². The maximum absolute atomic E-state index is 12.7. The monoisotopic (exact) mass is 317 g/mol. The Labute approximate surface area is 141 Å². The Morgan fingerprint density at radius 3 is 2.75 bits per heavy atom. The minimum Gasteiger partial charge on any atom is -0.354 e. The third kappa shape index (κ3) is 2.83. The van der Waals surface area contributed by atoms with Crippen LogP contribution in [0.2, 0.25) is 0 Å². The van der Waals surface area contributed by atoms with Gasteiger partial charge in [0.15, 0.2) is 0 Å². The Hall–Kier alpha value is -2.88. The molecule has 2 aromatic carbocycles. The van der Waals surface area contributed by atoms with Gasteiger partial charge in [-0.3, -0.25) is 4.79 Å². The average Bonchev–Trinajstić information content (AvgIpc) is 3.10. The molecule has 4 heteroatoms. The molecule has 2 heterocycles. The van der Waals surface area contributed by atoms with Crippen molar-refractivity contribution in [2.45, 2.75) is 12.5 Å². The molecule has 0 aliphatic carbocycles. The van der Waals surface area contributed by atoms with E-state index in [1.807, 2.05) is 60.7 Å². The summed E-state index contributed by atoms with van der Waals surface area (Å²) in [4.78, 5) is 19.3. The van der Waals surface area contributed by atoms with Crippen molar-refractivity contribution < 1.29 is 4.79 Å². The lowest BCUT2D eigenvalue weighted by Gasteiger charge is -2.18. The lowest BCUT2D eigenvalue weighted by molar-refractivity contribution is 0.0942. The number of rotatable bonds is 3. The van der Waals surface area contributed by atoms with Gasteiger partial charge in [-0.2, -0.15) is 0 Å². The summed E-state index contributed by atoms with van der Waals surface area (Å²) in [5, 5.41) is 5.27. The van der Waals surface area contributed by atoms with E-state index in [1.165, 1.54) is 0 Å². The van der Waals surface area contributed by atoms with Crippen LogP contribution in [-0.2, 0) is 0 Å². The van der Waals surface area contributed by atoms with Crippen molar-refractivity contribution in [3.05, 3.63) is 72.4 Å². The summed E-state index contributed by atoms with van der Waals surface area (Å²) in [6.45, 7) is 1.71. The molecule has 1 unspecified atom stereocenters. The van der Waals surface area contributed by atoms with Crippen molar-refractivity contribution in [2.24, 2.45) is 0 Å². The van der Waals surface area contributed by atoms with E-state index in [0.717, 1.165) is 41.7 Å². The highest BCUT2D eigenvalue weighted by Crippen LogP contribution is 2.20. The average molecular weight is 317 g/mol. The summed E-state index contributed by atoms with van der Waals surface area (Å²) < 4.78 is 0. The zero-order valence-electron chi connectivity index (χ0n) is 13.4. The minimum atomic E-state index is -0.000305. The second kappa shape index (κ2) is 6.32. The van der Waals surface area contributed by atoms with Crippen LogP contribution in [0.1, 0.15) is 16.8 Å². The largest absolute Gasteiger partial charge is 0.354 e. The van der Waals surface area contributed by atoms with Crippen molar-refractivity contribution in [1.29, 1.82) is 0 Å². The Balaban J connectivity index is 1.49. The standard InChI is InChI=1S/C20H19N3O/c24-20(18-9-5-7-15-6-1-2-8-17(15)18)22-16-11-13-23(14-16)19-10-3-4-12-21-19/h1-10,12,16H,11,13-14H2,(H,22,24). The number of hydrogen-bond acceptors (Lipinski definition) is 3. The highest BCUT2D eigenvalue weighted by molar-refractivity contribution is 6.07. The molecular formula is C20H19N3O. The number of nitrogens with one attached hydrogen (secondary N) is 1. The van der Waals surface area contributed by atoms with E-state index in [1.54, 1.807) is 6.20 Å². The Morgan fingerprint density at radius 1 is 1.04 bits per heavy atom. The first-order valence-corrected chi connectivity index (χ1v) is 8.26. The summed E-state index contributed by atoms with van der Waals surface area (Å²) >= 11 is 0. The number of pyridine rings is 1. The fourth-order valence-electron chi connectivity index (χ4n) is 3.31. The predicted octanol–water partition coefficient (Wildman–Crippen LogP) is 3.24. The number of nitrogens with zero attached hydrogens (tertiary/aromatic N) is 2. The Kier molecular flexibility index (Phi) is 3.87. The van der Waals surface area contributed by atoms with E-state index in [2.05, 4.69) is 15.2 Å². The van der Waals surface area contributed by atoms with Crippen LogP contribution in [-0.4, -0.2) is 30.0 Å². The molecule has 1 amide bonds. The van der Waals surface area contributed by atoms with Gasteiger partial charge in [-0.1, -0.05) is 42.5 Å². The van der Waals surface area contributed by atoms with Crippen LogP contribution in [0, 0.1) is 0 Å². The van der Waals surface area contributed by atoms with Crippen LogP contribution in [0.25, 0.3) is 10.8 Å². The van der Waals surface area contributed by atoms with E-state index in [4.69, 9.17) is 0 Å². The normalized spacial score (nSPS) is 17.2. The smallest absolute Gasteiger partial charge is 0.252 e. The van der Waals surface area contributed by atoms with Crippen molar-refractivity contribution in [3.8, 4) is 0 Å². The second-order valence-electron chi connectivity index (χ2n) is 6.12. The van der Waals surface area contributed by atoms with E-state index in [0.29, 0.717) is 0 Å². The summed E-state index contributed by atoms with van der Waals surface area (Å²) in [6, 6.07) is 19.9. The number of benzene rings is 2. The van der Waals surface area contributed by atoms with Crippen molar-refractivity contribution in [3.63, 3.8) is 0 Å². The van der Waals surface area contributed by atoms with Crippen LogP contribution in [0.4, 0.5) is 5.82 Å². The molecule has 3 aromatic rings. The predicted molar refractivity (Wildman–Crippen MR) is 96.3 cm³/mol. The first-order valence-electron chi connectivity index (χ1n) is 8.26. The first-order chi connectivity index (χ1) is 11.8. The summed E-state index contributed by atoms with van der Waals surface area (Å²) in [7, 11) is 0. The molecular weight excluding hydrogens is 298 g/mol. The SMILES string of the molecule is O=C(NC1CCN(c2ccccn2)C1)c1cccc2ccccc12. The lowest BCUT2D eigenvalue weighted by Crippen LogP contribution is -2.37. The molecule has 1 saturated heterocycles. The fourth-order valence-corrected chi connectivity index (χ4v) is 3.31. The molecule has 4 rings (SSSR count). The van der Waals surface area contributed by atoms with Crippen LogP contribution >= 0.6 is 0 Å². The van der Waals surface area contributed by atoms with E-state index >= 15 is 0 Å². The molecule has 0 saturated carbocycles. The molecule has 4 nitrogen and oxygen atoms in total. The van der Waals surface area contributed by atoms with E-state index < -0.39 is 0 Å². The molecule has 120 valence electrons. The van der Waals surface area contributed by atoms with Crippen LogP contribution in [0.15, 0.2) is 66.9 Å². The van der Waals surface area contributed by atoms with Crippen molar-refractivity contribution in [1.82, 2.24) is 10.3 Å². The summed E-state index contributed by atoms with van der Waals surface area (Å²) in [5.74, 6) is 0.971. The minimum absolute atomic E-state index is 0.000305. The quantitative estimate of drug-likeness (QED) is 0.806. The number of aromatic nitrogens is 1. The highest BCUT2D eigenvalue weighted by atomic mass is 16.1. The maximum Gasteiger partial charge on any atom is 0.252 e. The molecule has 0 bridgehead atoms. The molecule has 1 fully saturated rings. The molecule has 1 aromatic heterocycles. The number of anilines is 1. The molecule has 0 spiro atoms. The van der Waals surface area contributed by atoms with Gasteiger partial charge < -0.3 is 10.2 Å². The van der Waals surface area contributed by atoms with Crippen molar-refractivity contribution >= 4 is 22.5 Å². The zero-order valence-corrected chi connectivity index (χ0v) is 13.4. The highest BCUT2D eigenvalue weighted by Gasteiger charge is 2.25. The van der Waals surface area contributed by atoms with Gasteiger partial charge in [0.25, 0.3) is 5.91 Å².